The molecule has 1 atom stereocenters. The van der Waals surface area contributed by atoms with Gasteiger partial charge in [0.2, 0.25) is 0 Å². The lowest BCUT2D eigenvalue weighted by Gasteiger charge is -2.25. The SMILES string of the molecule is O=C(c1sc2cc(F)ccc2c1Cl)N(Cc1nc2ccccc2c(=O)[nH]1)C[C@@H]1CCCO1. The number of carbonyl (C=O) groups excluding carboxylic acids is 1. The molecule has 5 rings (SSSR count). The van der Waals surface area contributed by atoms with Gasteiger partial charge in [0, 0.05) is 23.2 Å². The summed E-state index contributed by atoms with van der Waals surface area (Å²) in [6.07, 6.45) is 1.68. The number of thiophene rings is 1. The van der Waals surface area contributed by atoms with E-state index in [1.807, 2.05) is 6.07 Å². The van der Waals surface area contributed by atoms with Crippen molar-refractivity contribution >= 4 is 49.8 Å². The summed E-state index contributed by atoms with van der Waals surface area (Å²) in [4.78, 5) is 35.3. The molecule has 1 saturated heterocycles. The minimum absolute atomic E-state index is 0.0949. The molecule has 0 unspecified atom stereocenters. The number of nitrogens with zero attached hydrogens (tertiary/aromatic N) is 2. The zero-order valence-electron chi connectivity index (χ0n) is 16.9. The maximum Gasteiger partial charge on any atom is 0.266 e. The Labute approximate surface area is 191 Å². The van der Waals surface area contributed by atoms with Crippen LogP contribution in [0.4, 0.5) is 4.39 Å². The topological polar surface area (TPSA) is 75.3 Å². The maximum absolute atomic E-state index is 13.7. The first-order chi connectivity index (χ1) is 15.5. The molecule has 6 nitrogen and oxygen atoms in total. The van der Waals surface area contributed by atoms with Gasteiger partial charge < -0.3 is 14.6 Å². The minimum atomic E-state index is -0.386. The Morgan fingerprint density at radius 2 is 2.12 bits per heavy atom. The number of halogens is 2. The van der Waals surface area contributed by atoms with Gasteiger partial charge in [0.1, 0.15) is 16.5 Å². The molecule has 1 fully saturated rings. The zero-order chi connectivity index (χ0) is 22.2. The van der Waals surface area contributed by atoms with Crippen LogP contribution in [-0.4, -0.2) is 40.0 Å². The van der Waals surface area contributed by atoms with E-state index >= 15 is 0 Å². The molecule has 1 aliphatic rings. The molecular formula is C23H19ClFN3O3S. The minimum Gasteiger partial charge on any atom is -0.376 e. The lowest BCUT2D eigenvalue weighted by Crippen LogP contribution is -2.37. The number of H-pyrrole nitrogens is 1. The summed E-state index contributed by atoms with van der Waals surface area (Å²) in [5.41, 5.74) is 0.302. The number of hydrogen-bond acceptors (Lipinski definition) is 5. The first-order valence-corrected chi connectivity index (χ1v) is 11.5. The first kappa shape index (κ1) is 21.1. The second-order valence-electron chi connectivity index (χ2n) is 7.74. The highest BCUT2D eigenvalue weighted by Gasteiger charge is 2.28. The Hall–Kier alpha value is -2.81. The van der Waals surface area contributed by atoms with Crippen molar-refractivity contribution in [2.75, 3.05) is 13.2 Å². The van der Waals surface area contributed by atoms with Crippen molar-refractivity contribution in [3.63, 3.8) is 0 Å². The zero-order valence-corrected chi connectivity index (χ0v) is 18.5. The fourth-order valence-corrected chi connectivity index (χ4v) is 5.47. The van der Waals surface area contributed by atoms with Crippen molar-refractivity contribution < 1.29 is 13.9 Å². The lowest BCUT2D eigenvalue weighted by molar-refractivity contribution is 0.0505. The second-order valence-corrected chi connectivity index (χ2v) is 9.17. The average molecular weight is 472 g/mol. The van der Waals surface area contributed by atoms with E-state index in [-0.39, 0.29) is 29.9 Å². The van der Waals surface area contributed by atoms with Gasteiger partial charge in [-0.2, -0.15) is 0 Å². The van der Waals surface area contributed by atoms with Gasteiger partial charge in [-0.3, -0.25) is 9.59 Å². The Morgan fingerprint density at radius 3 is 2.94 bits per heavy atom. The van der Waals surface area contributed by atoms with Crippen LogP contribution in [0.3, 0.4) is 0 Å². The maximum atomic E-state index is 13.7. The Kier molecular flexibility index (Phi) is 5.67. The fraction of sp³-hybridized carbons (Fsp3) is 0.261. The van der Waals surface area contributed by atoms with Gasteiger partial charge in [0.05, 0.1) is 28.6 Å². The van der Waals surface area contributed by atoms with E-state index in [0.717, 1.165) is 24.2 Å². The van der Waals surface area contributed by atoms with Crippen molar-refractivity contribution in [2.24, 2.45) is 0 Å². The van der Waals surface area contributed by atoms with E-state index in [4.69, 9.17) is 16.3 Å². The number of para-hydroxylation sites is 1. The number of hydrogen-bond donors (Lipinski definition) is 1. The molecule has 9 heteroatoms. The summed E-state index contributed by atoms with van der Waals surface area (Å²) in [5.74, 6) is -0.310. The molecule has 1 N–H and O–H groups in total. The predicted molar refractivity (Wildman–Crippen MR) is 123 cm³/mol. The van der Waals surface area contributed by atoms with Crippen molar-refractivity contribution in [1.29, 1.82) is 0 Å². The normalized spacial score (nSPS) is 16.1. The fourth-order valence-electron chi connectivity index (χ4n) is 3.96. The van der Waals surface area contributed by atoms with Gasteiger partial charge in [0.15, 0.2) is 0 Å². The molecule has 0 spiro atoms. The van der Waals surface area contributed by atoms with E-state index in [2.05, 4.69) is 9.97 Å². The number of benzene rings is 2. The van der Waals surface area contributed by atoms with Crippen LogP contribution in [0, 0.1) is 5.82 Å². The number of aromatic nitrogens is 2. The van der Waals surface area contributed by atoms with Crippen molar-refractivity contribution in [3.05, 3.63) is 74.4 Å². The monoisotopic (exact) mass is 471 g/mol. The molecule has 164 valence electrons. The van der Waals surface area contributed by atoms with Gasteiger partial charge in [-0.1, -0.05) is 23.7 Å². The lowest BCUT2D eigenvalue weighted by atomic mass is 10.2. The highest BCUT2D eigenvalue weighted by Crippen LogP contribution is 2.36. The third kappa shape index (κ3) is 4.01. The molecule has 2 aromatic carbocycles. The van der Waals surface area contributed by atoms with Crippen LogP contribution >= 0.6 is 22.9 Å². The summed E-state index contributed by atoms with van der Waals surface area (Å²) in [7, 11) is 0. The van der Waals surface area contributed by atoms with Gasteiger partial charge in [-0.25, -0.2) is 9.37 Å². The molecule has 0 bridgehead atoms. The predicted octanol–water partition coefficient (Wildman–Crippen LogP) is 4.75. The molecule has 4 aromatic rings. The van der Waals surface area contributed by atoms with Crippen LogP contribution in [0.5, 0.6) is 0 Å². The Bertz CT molecular complexity index is 1380. The third-order valence-electron chi connectivity index (χ3n) is 5.52. The summed E-state index contributed by atoms with van der Waals surface area (Å²) in [5, 5.41) is 1.42. The molecule has 32 heavy (non-hydrogen) atoms. The van der Waals surface area contributed by atoms with Crippen LogP contribution < -0.4 is 5.56 Å². The van der Waals surface area contributed by atoms with Crippen LogP contribution in [-0.2, 0) is 11.3 Å². The van der Waals surface area contributed by atoms with Gasteiger partial charge in [0.25, 0.3) is 11.5 Å². The van der Waals surface area contributed by atoms with E-state index < -0.39 is 0 Å². The van der Waals surface area contributed by atoms with Crippen molar-refractivity contribution in [1.82, 2.24) is 14.9 Å². The van der Waals surface area contributed by atoms with E-state index in [1.165, 1.54) is 12.1 Å². The van der Waals surface area contributed by atoms with Gasteiger partial charge in [-0.05, 0) is 43.2 Å². The highest BCUT2D eigenvalue weighted by molar-refractivity contribution is 7.21. The van der Waals surface area contributed by atoms with Crippen LogP contribution in [0.2, 0.25) is 5.02 Å². The average Bonchev–Trinajstić information content (AvgIpc) is 3.40. The quantitative estimate of drug-likeness (QED) is 0.455. The molecule has 0 aliphatic carbocycles. The number of amides is 1. The summed E-state index contributed by atoms with van der Waals surface area (Å²) in [6.45, 7) is 1.09. The van der Waals surface area contributed by atoms with Crippen molar-refractivity contribution in [2.45, 2.75) is 25.5 Å². The number of nitrogens with one attached hydrogen (secondary N) is 1. The number of carbonyl (C=O) groups is 1. The Morgan fingerprint density at radius 1 is 1.28 bits per heavy atom. The van der Waals surface area contributed by atoms with Crippen LogP contribution in [0.15, 0.2) is 47.3 Å². The van der Waals surface area contributed by atoms with Gasteiger partial charge >= 0.3 is 0 Å². The van der Waals surface area contributed by atoms with Crippen molar-refractivity contribution in [3.8, 4) is 0 Å². The van der Waals surface area contributed by atoms with E-state index in [9.17, 15) is 14.0 Å². The van der Waals surface area contributed by atoms with E-state index in [0.29, 0.717) is 49.9 Å². The highest BCUT2D eigenvalue weighted by atomic mass is 35.5. The molecule has 0 saturated carbocycles. The third-order valence-corrected chi connectivity index (χ3v) is 7.17. The van der Waals surface area contributed by atoms with E-state index in [1.54, 1.807) is 29.2 Å². The molecule has 3 heterocycles. The first-order valence-electron chi connectivity index (χ1n) is 10.3. The van der Waals surface area contributed by atoms with Crippen LogP contribution in [0.25, 0.3) is 21.0 Å². The molecule has 1 amide bonds. The molecule has 1 aliphatic heterocycles. The van der Waals surface area contributed by atoms with Crippen LogP contribution in [0.1, 0.15) is 28.3 Å². The van der Waals surface area contributed by atoms with Gasteiger partial charge in [-0.15, -0.1) is 11.3 Å². The smallest absolute Gasteiger partial charge is 0.266 e. The number of fused-ring (bicyclic) bond motifs is 2. The molecular weight excluding hydrogens is 453 g/mol. The summed E-state index contributed by atoms with van der Waals surface area (Å²) in [6, 6.07) is 11.3. The summed E-state index contributed by atoms with van der Waals surface area (Å²) >= 11 is 7.66. The standard InChI is InChI=1S/C23H19ClFN3O3S/c24-20-16-8-7-13(25)10-18(16)32-21(20)23(30)28(11-14-4-3-9-31-14)12-19-26-17-6-2-1-5-15(17)22(29)27-19/h1-2,5-8,10,14H,3-4,9,11-12H2,(H,26,27,29)/t14-/m0/s1. The number of aromatic amines is 1. The largest absolute Gasteiger partial charge is 0.376 e. The second kappa shape index (κ2) is 8.61. The molecule has 0 radical (unpaired) electrons. The molecule has 2 aromatic heterocycles. The number of ether oxygens (including phenoxy) is 1. The summed E-state index contributed by atoms with van der Waals surface area (Å²) < 4.78 is 20.0. The Balaban J connectivity index is 1.51. The number of rotatable bonds is 5.